The molecule has 1 atom stereocenters. The number of carbonyl (C=O) groups is 1. The van der Waals surface area contributed by atoms with Gasteiger partial charge in [0.25, 0.3) is 0 Å². The summed E-state index contributed by atoms with van der Waals surface area (Å²) in [6, 6.07) is 5.94. The Bertz CT molecular complexity index is 491. The van der Waals surface area contributed by atoms with Crippen molar-refractivity contribution in [3.63, 3.8) is 0 Å². The molecular weight excluding hydrogens is 254 g/mol. The van der Waals surface area contributed by atoms with Crippen LogP contribution < -0.4 is 5.32 Å². The summed E-state index contributed by atoms with van der Waals surface area (Å²) in [4.78, 5) is 11.9. The lowest BCUT2D eigenvalue weighted by Crippen LogP contribution is -2.36. The number of fused-ring (bicyclic) bond motifs is 1. The summed E-state index contributed by atoms with van der Waals surface area (Å²) in [5, 5.41) is 12.2. The number of hydrogen-bond acceptors (Lipinski definition) is 3. The van der Waals surface area contributed by atoms with Crippen molar-refractivity contribution < 1.29 is 14.6 Å². The molecule has 1 unspecified atom stereocenters. The van der Waals surface area contributed by atoms with Crippen molar-refractivity contribution in [2.45, 2.75) is 58.3 Å². The van der Waals surface area contributed by atoms with Crippen LogP contribution >= 0.6 is 0 Å². The van der Waals surface area contributed by atoms with E-state index in [1.165, 1.54) is 5.56 Å². The third-order valence-corrected chi connectivity index (χ3v) is 3.40. The molecule has 2 N–H and O–H groups in total. The first kappa shape index (κ1) is 14.9. The lowest BCUT2D eigenvalue weighted by Gasteiger charge is -2.28. The molecule has 4 heteroatoms. The molecule has 4 nitrogen and oxygen atoms in total. The smallest absolute Gasteiger partial charge is 0.408 e. The normalized spacial score (nSPS) is 18.3. The molecule has 0 fully saturated rings. The summed E-state index contributed by atoms with van der Waals surface area (Å²) in [6.07, 6.45) is 2.59. The van der Waals surface area contributed by atoms with E-state index in [1.807, 2.05) is 39.0 Å². The van der Waals surface area contributed by atoms with Crippen LogP contribution in [0.4, 0.5) is 4.79 Å². The molecule has 0 spiro atoms. The van der Waals surface area contributed by atoms with Crippen molar-refractivity contribution in [2.24, 2.45) is 0 Å². The quantitative estimate of drug-likeness (QED) is 0.873. The lowest BCUT2D eigenvalue weighted by atomic mass is 9.86. The molecule has 110 valence electrons. The molecule has 0 saturated carbocycles. The third-order valence-electron chi connectivity index (χ3n) is 3.40. The molecular formula is C16H23NO3. The number of ether oxygens (including phenoxy) is 1. The van der Waals surface area contributed by atoms with Gasteiger partial charge < -0.3 is 15.2 Å². The Hall–Kier alpha value is -1.55. The fourth-order valence-electron chi connectivity index (χ4n) is 2.55. The number of alkyl carbamates (subject to hydrolysis) is 1. The molecule has 0 aliphatic heterocycles. The zero-order valence-corrected chi connectivity index (χ0v) is 12.4. The van der Waals surface area contributed by atoms with E-state index in [2.05, 4.69) is 5.32 Å². The summed E-state index contributed by atoms with van der Waals surface area (Å²) >= 11 is 0. The minimum atomic E-state index is -0.492. The Morgan fingerprint density at radius 2 is 2.20 bits per heavy atom. The van der Waals surface area contributed by atoms with Gasteiger partial charge in [-0.2, -0.15) is 0 Å². The first-order valence-electron chi connectivity index (χ1n) is 7.11. The Balaban J connectivity index is 2.13. The summed E-state index contributed by atoms with van der Waals surface area (Å²) in [5.74, 6) is 0. The third kappa shape index (κ3) is 3.73. The summed E-state index contributed by atoms with van der Waals surface area (Å²) in [7, 11) is 0. The highest BCUT2D eigenvalue weighted by atomic mass is 16.6. The highest BCUT2D eigenvalue weighted by Gasteiger charge is 2.24. The van der Waals surface area contributed by atoms with Crippen molar-refractivity contribution in [3.8, 4) is 0 Å². The number of carbonyl (C=O) groups excluding carboxylic acids is 1. The Labute approximate surface area is 120 Å². The second-order valence-electron chi connectivity index (χ2n) is 6.28. The molecule has 20 heavy (non-hydrogen) atoms. The summed E-state index contributed by atoms with van der Waals surface area (Å²) < 4.78 is 5.31. The van der Waals surface area contributed by atoms with Crippen LogP contribution in [0, 0.1) is 0 Å². The van der Waals surface area contributed by atoms with E-state index in [1.54, 1.807) is 0 Å². The van der Waals surface area contributed by atoms with Gasteiger partial charge in [0, 0.05) is 0 Å². The van der Waals surface area contributed by atoms with Crippen LogP contribution in [0.15, 0.2) is 18.2 Å². The zero-order valence-electron chi connectivity index (χ0n) is 12.4. The van der Waals surface area contributed by atoms with E-state index < -0.39 is 5.60 Å². The zero-order chi connectivity index (χ0) is 14.8. The molecule has 0 radical (unpaired) electrons. The van der Waals surface area contributed by atoms with Gasteiger partial charge in [0.2, 0.25) is 0 Å². The maximum Gasteiger partial charge on any atom is 0.408 e. The van der Waals surface area contributed by atoms with E-state index in [0.29, 0.717) is 0 Å². The van der Waals surface area contributed by atoms with Gasteiger partial charge in [0.15, 0.2) is 0 Å². The van der Waals surface area contributed by atoms with Crippen molar-refractivity contribution in [1.29, 1.82) is 0 Å². The first-order valence-corrected chi connectivity index (χ1v) is 7.11. The van der Waals surface area contributed by atoms with Crippen molar-refractivity contribution in [3.05, 3.63) is 34.9 Å². The molecule has 0 saturated heterocycles. The molecule has 1 amide bonds. The van der Waals surface area contributed by atoms with Gasteiger partial charge in [-0.25, -0.2) is 4.79 Å². The fraction of sp³-hybridized carbons (Fsp3) is 0.562. The first-order chi connectivity index (χ1) is 9.39. The van der Waals surface area contributed by atoms with Crippen LogP contribution in [-0.2, 0) is 17.8 Å². The average Bonchev–Trinajstić information content (AvgIpc) is 2.36. The molecule has 2 rings (SSSR count). The minimum Gasteiger partial charge on any atom is -0.444 e. The highest BCUT2D eigenvalue weighted by molar-refractivity contribution is 5.68. The van der Waals surface area contributed by atoms with Crippen molar-refractivity contribution >= 4 is 6.09 Å². The topological polar surface area (TPSA) is 58.6 Å². The van der Waals surface area contributed by atoms with Crippen LogP contribution in [0.3, 0.4) is 0 Å². The molecule has 0 bridgehead atoms. The number of aryl methyl sites for hydroxylation is 1. The van der Waals surface area contributed by atoms with Crippen LogP contribution in [0.5, 0.6) is 0 Å². The lowest BCUT2D eigenvalue weighted by molar-refractivity contribution is 0.0498. The Kier molecular flexibility index (Phi) is 4.33. The number of amides is 1. The van der Waals surface area contributed by atoms with Crippen LogP contribution in [0.1, 0.15) is 56.3 Å². The van der Waals surface area contributed by atoms with Gasteiger partial charge in [-0.3, -0.25) is 0 Å². The van der Waals surface area contributed by atoms with Gasteiger partial charge in [-0.1, -0.05) is 18.2 Å². The predicted octanol–water partition coefficient (Wildman–Crippen LogP) is 3.08. The Morgan fingerprint density at radius 3 is 2.85 bits per heavy atom. The molecule has 1 aliphatic rings. The number of aliphatic hydroxyl groups excluding tert-OH is 1. The van der Waals surface area contributed by atoms with Gasteiger partial charge in [0.05, 0.1) is 12.6 Å². The van der Waals surface area contributed by atoms with E-state index >= 15 is 0 Å². The molecule has 1 aromatic rings. The monoisotopic (exact) mass is 277 g/mol. The van der Waals surface area contributed by atoms with Gasteiger partial charge in [-0.15, -0.1) is 0 Å². The van der Waals surface area contributed by atoms with Crippen LogP contribution in [0.2, 0.25) is 0 Å². The second-order valence-corrected chi connectivity index (χ2v) is 6.28. The molecule has 0 aromatic heterocycles. The molecule has 1 aliphatic carbocycles. The van der Waals surface area contributed by atoms with Gasteiger partial charge in [-0.05, 0) is 56.7 Å². The number of aliphatic hydroxyl groups is 1. The van der Waals surface area contributed by atoms with Crippen molar-refractivity contribution in [1.82, 2.24) is 5.32 Å². The van der Waals surface area contributed by atoms with Crippen LogP contribution in [0.25, 0.3) is 0 Å². The number of nitrogens with one attached hydrogen (secondary N) is 1. The van der Waals surface area contributed by atoms with E-state index in [-0.39, 0.29) is 18.7 Å². The van der Waals surface area contributed by atoms with Gasteiger partial charge in [0.1, 0.15) is 5.60 Å². The summed E-state index contributed by atoms with van der Waals surface area (Å²) in [6.45, 7) is 5.58. The molecule has 0 heterocycles. The SMILES string of the molecule is CC(C)(C)OC(=O)NC1CCCc2ccc(CO)cc21. The fourth-order valence-corrected chi connectivity index (χ4v) is 2.55. The molecule has 1 aromatic carbocycles. The predicted molar refractivity (Wildman–Crippen MR) is 77.4 cm³/mol. The number of rotatable bonds is 2. The largest absolute Gasteiger partial charge is 0.444 e. The summed E-state index contributed by atoms with van der Waals surface area (Å²) in [5.41, 5.74) is 2.74. The highest BCUT2D eigenvalue weighted by Crippen LogP contribution is 2.30. The maximum absolute atomic E-state index is 11.9. The van der Waals surface area contributed by atoms with Crippen molar-refractivity contribution in [2.75, 3.05) is 0 Å². The Morgan fingerprint density at radius 1 is 1.45 bits per heavy atom. The average molecular weight is 277 g/mol. The number of benzene rings is 1. The minimum absolute atomic E-state index is 0.0203. The maximum atomic E-state index is 11.9. The number of hydrogen-bond donors (Lipinski definition) is 2. The standard InChI is InChI=1S/C16H23NO3/c1-16(2,3)20-15(19)17-14-6-4-5-12-8-7-11(10-18)9-13(12)14/h7-9,14,18H,4-6,10H2,1-3H3,(H,17,19). The van der Waals surface area contributed by atoms with Crippen LogP contribution in [-0.4, -0.2) is 16.8 Å². The second kappa shape index (κ2) is 5.83. The van der Waals surface area contributed by atoms with E-state index in [0.717, 1.165) is 30.4 Å². The van der Waals surface area contributed by atoms with Gasteiger partial charge >= 0.3 is 6.09 Å². The van der Waals surface area contributed by atoms with E-state index in [4.69, 9.17) is 4.74 Å². The van der Waals surface area contributed by atoms with E-state index in [9.17, 15) is 9.90 Å².